The molecule has 0 unspecified atom stereocenters. The number of pyridine rings is 1. The average Bonchev–Trinajstić information content (AvgIpc) is 2.96. The third-order valence-electron chi connectivity index (χ3n) is 7.65. The SMILES string of the molecule is COC[C@H]1NC(=O)[C@H](C(C)C)NC(=O)C(C)(C)/C=C/c2ccc3ccc(nc3c2)[C@@H](C)OC(=O)[C@@H]2CCCN(N2)C1=O. The van der Waals surface area contributed by atoms with E-state index < -0.39 is 47.4 Å². The summed E-state index contributed by atoms with van der Waals surface area (Å²) in [6, 6.07) is 6.86. The first-order valence-corrected chi connectivity index (χ1v) is 14.4. The first kappa shape index (κ1) is 31.1. The summed E-state index contributed by atoms with van der Waals surface area (Å²) in [6.07, 6.45) is 4.04. The number of esters is 1. The van der Waals surface area contributed by atoms with Crippen molar-refractivity contribution in [2.45, 2.75) is 71.7 Å². The molecule has 11 nitrogen and oxygen atoms in total. The van der Waals surface area contributed by atoms with Gasteiger partial charge < -0.3 is 20.1 Å². The molecule has 2 aromatic rings. The van der Waals surface area contributed by atoms with E-state index in [2.05, 4.69) is 16.1 Å². The van der Waals surface area contributed by atoms with Gasteiger partial charge in [-0.1, -0.05) is 44.2 Å². The maximum Gasteiger partial charge on any atom is 0.325 e. The number of nitrogens with zero attached hydrogens (tertiary/aromatic N) is 2. The van der Waals surface area contributed by atoms with Gasteiger partial charge in [0, 0.05) is 19.0 Å². The van der Waals surface area contributed by atoms with Crippen molar-refractivity contribution in [3.05, 3.63) is 47.7 Å². The molecule has 0 saturated carbocycles. The van der Waals surface area contributed by atoms with Gasteiger partial charge in [-0.2, -0.15) is 0 Å². The Morgan fingerprint density at radius 3 is 2.57 bits per heavy atom. The zero-order chi connectivity index (χ0) is 30.6. The van der Waals surface area contributed by atoms with Crippen LogP contribution in [0.2, 0.25) is 0 Å². The number of ether oxygens (including phenoxy) is 2. The predicted molar refractivity (Wildman–Crippen MR) is 158 cm³/mol. The second-order valence-electron chi connectivity index (χ2n) is 11.8. The molecule has 1 fully saturated rings. The van der Waals surface area contributed by atoms with Gasteiger partial charge in [-0.15, -0.1) is 0 Å². The third-order valence-corrected chi connectivity index (χ3v) is 7.65. The molecule has 4 rings (SSSR count). The second kappa shape index (κ2) is 13.0. The smallest absolute Gasteiger partial charge is 0.325 e. The van der Waals surface area contributed by atoms with Gasteiger partial charge in [0.15, 0.2) is 0 Å². The van der Waals surface area contributed by atoms with E-state index in [4.69, 9.17) is 14.5 Å². The first-order chi connectivity index (χ1) is 19.9. The molecule has 2 aliphatic rings. The molecule has 0 spiro atoms. The Morgan fingerprint density at radius 2 is 1.86 bits per heavy atom. The number of fused-ring (bicyclic) bond motifs is 4. The molecule has 3 N–H and O–H groups in total. The van der Waals surface area contributed by atoms with Crippen molar-refractivity contribution >= 4 is 40.7 Å². The fourth-order valence-corrected chi connectivity index (χ4v) is 4.95. The van der Waals surface area contributed by atoms with Crippen molar-refractivity contribution in [2.75, 3.05) is 20.3 Å². The minimum absolute atomic E-state index is 0.0888. The molecule has 3 heterocycles. The standard InChI is InChI=1S/C31H41N5O6/c1-18(2)26-27(37)33-25(17-41-6)28(38)36-15-7-8-23(35-36)29(39)42-19(3)22-12-11-21-10-9-20(16-24(21)32-22)13-14-31(4,5)30(40)34-26/h9-14,16,18-19,23,25-26,35H,7-8,15,17H2,1-6H3,(H,33,37)(H,34,40)/b14-13+/t19-,23+,25-,26+/m1/s1. The summed E-state index contributed by atoms with van der Waals surface area (Å²) < 4.78 is 11.0. The number of carbonyl (C=O) groups excluding carboxylic acids is 4. The van der Waals surface area contributed by atoms with Crippen molar-refractivity contribution in [1.29, 1.82) is 0 Å². The van der Waals surface area contributed by atoms with Crippen LogP contribution in [0.3, 0.4) is 0 Å². The van der Waals surface area contributed by atoms with Crippen molar-refractivity contribution in [1.82, 2.24) is 26.1 Å². The van der Waals surface area contributed by atoms with Crippen molar-refractivity contribution in [2.24, 2.45) is 11.3 Å². The normalized spacial score (nSPS) is 26.5. The van der Waals surface area contributed by atoms with Crippen LogP contribution in [-0.2, 0) is 28.7 Å². The molecule has 1 saturated heterocycles. The highest BCUT2D eigenvalue weighted by Gasteiger charge is 2.36. The number of cyclic esters (lactones) is 1. The Bertz CT molecular complexity index is 1370. The van der Waals surface area contributed by atoms with Gasteiger partial charge in [0.05, 0.1) is 23.2 Å². The largest absolute Gasteiger partial charge is 0.455 e. The van der Waals surface area contributed by atoms with E-state index in [-0.39, 0.29) is 18.4 Å². The van der Waals surface area contributed by atoms with Crippen LogP contribution in [0.1, 0.15) is 64.8 Å². The van der Waals surface area contributed by atoms with Crippen LogP contribution in [-0.4, -0.2) is 72.1 Å². The zero-order valence-corrected chi connectivity index (χ0v) is 25.1. The Hall–Kier alpha value is -3.83. The van der Waals surface area contributed by atoms with Crippen LogP contribution in [0, 0.1) is 11.3 Å². The Morgan fingerprint density at radius 1 is 1.12 bits per heavy atom. The molecule has 226 valence electrons. The van der Waals surface area contributed by atoms with Crippen LogP contribution in [0.5, 0.6) is 0 Å². The molecular weight excluding hydrogens is 538 g/mol. The van der Waals surface area contributed by atoms with E-state index in [1.165, 1.54) is 12.1 Å². The van der Waals surface area contributed by atoms with Gasteiger partial charge in [-0.25, -0.2) is 10.4 Å². The number of amides is 3. The van der Waals surface area contributed by atoms with Crippen molar-refractivity contribution < 1.29 is 28.7 Å². The molecule has 0 radical (unpaired) electrons. The lowest BCUT2D eigenvalue weighted by molar-refractivity contribution is -0.157. The molecule has 5 bridgehead atoms. The molecule has 1 aromatic heterocycles. The van der Waals surface area contributed by atoms with E-state index >= 15 is 0 Å². The van der Waals surface area contributed by atoms with E-state index in [9.17, 15) is 19.2 Å². The summed E-state index contributed by atoms with van der Waals surface area (Å²) in [5, 5.41) is 7.88. The fourth-order valence-electron chi connectivity index (χ4n) is 4.95. The summed E-state index contributed by atoms with van der Waals surface area (Å²) in [5.74, 6) is -2.05. The lowest BCUT2D eigenvalue weighted by Crippen LogP contribution is -2.62. The van der Waals surface area contributed by atoms with Gasteiger partial charge in [-0.05, 0) is 57.2 Å². The van der Waals surface area contributed by atoms with Crippen LogP contribution in [0.25, 0.3) is 17.0 Å². The summed E-state index contributed by atoms with van der Waals surface area (Å²) in [6.45, 7) is 9.19. The summed E-state index contributed by atoms with van der Waals surface area (Å²) in [5.41, 5.74) is 4.18. The number of hydrazine groups is 1. The first-order valence-electron chi connectivity index (χ1n) is 14.4. The van der Waals surface area contributed by atoms with Gasteiger partial charge in [0.1, 0.15) is 24.2 Å². The molecule has 2 aliphatic heterocycles. The molecular formula is C31H41N5O6. The van der Waals surface area contributed by atoms with Gasteiger partial charge >= 0.3 is 5.97 Å². The molecule has 3 amide bonds. The van der Waals surface area contributed by atoms with Crippen molar-refractivity contribution in [3.63, 3.8) is 0 Å². The van der Waals surface area contributed by atoms with E-state index in [1.54, 1.807) is 26.8 Å². The van der Waals surface area contributed by atoms with Gasteiger partial charge in [-0.3, -0.25) is 24.2 Å². The monoisotopic (exact) mass is 579 g/mol. The predicted octanol–water partition coefficient (Wildman–Crippen LogP) is 2.66. The van der Waals surface area contributed by atoms with Crippen molar-refractivity contribution in [3.8, 4) is 0 Å². The number of hydrogen-bond acceptors (Lipinski definition) is 8. The Labute approximate surface area is 246 Å². The maximum atomic E-state index is 13.5. The number of aromatic nitrogens is 1. The van der Waals surface area contributed by atoms with Gasteiger partial charge in [0.2, 0.25) is 11.8 Å². The molecule has 4 atom stereocenters. The Kier molecular flexibility index (Phi) is 9.63. The lowest BCUT2D eigenvalue weighted by Gasteiger charge is -2.35. The zero-order valence-electron chi connectivity index (χ0n) is 25.1. The lowest BCUT2D eigenvalue weighted by atomic mass is 9.89. The highest BCUT2D eigenvalue weighted by Crippen LogP contribution is 2.25. The number of benzene rings is 1. The number of nitrogens with one attached hydrogen (secondary N) is 3. The summed E-state index contributed by atoms with van der Waals surface area (Å²) in [7, 11) is 1.43. The van der Waals surface area contributed by atoms with Crippen LogP contribution in [0.4, 0.5) is 0 Å². The third kappa shape index (κ3) is 7.14. The molecule has 42 heavy (non-hydrogen) atoms. The maximum absolute atomic E-state index is 13.5. The number of carbonyl (C=O) groups is 4. The van der Waals surface area contributed by atoms with Crippen LogP contribution < -0.4 is 16.1 Å². The average molecular weight is 580 g/mol. The minimum atomic E-state index is -1.04. The second-order valence-corrected chi connectivity index (χ2v) is 11.8. The molecule has 11 heteroatoms. The highest BCUT2D eigenvalue weighted by atomic mass is 16.5. The topological polar surface area (TPSA) is 139 Å². The van der Waals surface area contributed by atoms with Gasteiger partial charge in [0.25, 0.3) is 5.91 Å². The fraction of sp³-hybridized carbons (Fsp3) is 0.516. The Balaban J connectivity index is 1.72. The van der Waals surface area contributed by atoms with Crippen LogP contribution >= 0.6 is 0 Å². The van der Waals surface area contributed by atoms with E-state index in [1.807, 2.05) is 50.3 Å². The summed E-state index contributed by atoms with van der Waals surface area (Å²) >= 11 is 0. The number of hydrogen-bond donors (Lipinski definition) is 3. The molecule has 0 aliphatic carbocycles. The highest BCUT2D eigenvalue weighted by molar-refractivity contribution is 5.94. The quantitative estimate of drug-likeness (QED) is 0.472. The minimum Gasteiger partial charge on any atom is -0.455 e. The summed E-state index contributed by atoms with van der Waals surface area (Å²) in [4.78, 5) is 58.2. The van der Waals surface area contributed by atoms with Crippen LogP contribution in [0.15, 0.2) is 36.4 Å². The number of rotatable bonds is 3. The van der Waals surface area contributed by atoms with E-state index in [0.29, 0.717) is 25.1 Å². The molecule has 1 aromatic carbocycles. The number of methoxy groups -OCH3 is 1. The van der Waals surface area contributed by atoms with E-state index in [0.717, 1.165) is 16.5 Å².